The molecule has 0 aromatic carbocycles. The molecule has 0 spiro atoms. The Hall–Kier alpha value is -2.10. The van der Waals surface area contributed by atoms with Crippen LogP contribution in [-0.2, 0) is 15.7 Å². The molecule has 0 fully saturated rings. The molecule has 1 aromatic rings. The first-order valence-corrected chi connectivity index (χ1v) is 5.00. The van der Waals surface area contributed by atoms with Crippen LogP contribution in [0.5, 0.6) is 0 Å². The molecule has 0 bridgehead atoms. The van der Waals surface area contributed by atoms with E-state index in [0.29, 0.717) is 0 Å². The zero-order chi connectivity index (χ0) is 14.5. The van der Waals surface area contributed by atoms with E-state index in [1.165, 1.54) is 0 Å². The first-order valence-electron chi connectivity index (χ1n) is 5.00. The summed E-state index contributed by atoms with van der Waals surface area (Å²) in [6, 6.07) is 0. The number of aromatic amines is 1. The maximum atomic E-state index is 12.6. The molecule has 0 unspecified atom stereocenters. The van der Waals surface area contributed by atoms with E-state index in [-0.39, 0.29) is 13.2 Å². The number of aliphatic carboxylic acids is 1. The van der Waals surface area contributed by atoms with Crippen molar-refractivity contribution in [1.82, 2.24) is 10.2 Å². The lowest BCUT2D eigenvalue weighted by atomic mass is 10.2. The molecule has 3 N–H and O–H groups in total. The topological polar surface area (TPSA) is 104 Å². The van der Waals surface area contributed by atoms with Crippen LogP contribution >= 0.6 is 0 Å². The Morgan fingerprint density at radius 2 is 2.21 bits per heavy atom. The normalized spacial score (nSPS) is 11.3. The summed E-state index contributed by atoms with van der Waals surface area (Å²) in [4.78, 5) is 21.2. The fourth-order valence-corrected chi connectivity index (χ4v) is 1.23. The van der Waals surface area contributed by atoms with Crippen LogP contribution in [0.15, 0.2) is 11.0 Å². The molecule has 0 amide bonds. The number of anilines is 1. The van der Waals surface area contributed by atoms with Crippen LogP contribution in [0.2, 0.25) is 0 Å². The number of hydrogen-bond acceptors (Lipinski definition) is 5. The number of H-pyrrole nitrogens is 1. The minimum Gasteiger partial charge on any atom is -0.480 e. The minimum absolute atomic E-state index is 0.0957. The Kier molecular flexibility index (Phi) is 4.87. The SMILES string of the molecule is O=C(O)COCCNc1cn[nH]c(=O)c1C(F)(F)F. The second kappa shape index (κ2) is 6.18. The van der Waals surface area contributed by atoms with E-state index >= 15 is 0 Å². The highest BCUT2D eigenvalue weighted by Crippen LogP contribution is 2.31. The van der Waals surface area contributed by atoms with Gasteiger partial charge in [0.15, 0.2) is 0 Å². The van der Waals surface area contributed by atoms with E-state index in [9.17, 15) is 22.8 Å². The maximum absolute atomic E-state index is 12.6. The number of carboxylic acid groups (broad SMARTS) is 1. The third-order valence-electron chi connectivity index (χ3n) is 1.93. The van der Waals surface area contributed by atoms with Crippen molar-refractivity contribution in [2.24, 2.45) is 0 Å². The number of carbonyl (C=O) groups is 1. The zero-order valence-electron chi connectivity index (χ0n) is 9.45. The first kappa shape index (κ1) is 15.0. The number of rotatable bonds is 6. The Balaban J connectivity index is 2.66. The van der Waals surface area contributed by atoms with Gasteiger partial charge in [0.05, 0.1) is 18.5 Å². The second-order valence-electron chi connectivity index (χ2n) is 3.36. The van der Waals surface area contributed by atoms with Gasteiger partial charge in [-0.05, 0) is 0 Å². The largest absolute Gasteiger partial charge is 0.480 e. The van der Waals surface area contributed by atoms with Gasteiger partial charge in [-0.25, -0.2) is 9.89 Å². The van der Waals surface area contributed by atoms with Gasteiger partial charge in [-0.2, -0.15) is 18.3 Å². The van der Waals surface area contributed by atoms with Crippen molar-refractivity contribution < 1.29 is 27.8 Å². The van der Waals surface area contributed by atoms with Gasteiger partial charge in [0.1, 0.15) is 12.2 Å². The third-order valence-corrected chi connectivity index (χ3v) is 1.93. The molecule has 0 aliphatic rings. The molecule has 0 saturated carbocycles. The summed E-state index contributed by atoms with van der Waals surface area (Å²) in [6.07, 6.45) is -4.00. The molecule has 0 aliphatic heterocycles. The molecule has 7 nitrogen and oxygen atoms in total. The van der Waals surface area contributed by atoms with E-state index in [1.54, 1.807) is 5.10 Å². The van der Waals surface area contributed by atoms with Crippen LogP contribution in [0.1, 0.15) is 5.56 Å². The van der Waals surface area contributed by atoms with Crippen molar-refractivity contribution in [3.8, 4) is 0 Å². The number of ether oxygens (including phenoxy) is 1. The van der Waals surface area contributed by atoms with Gasteiger partial charge in [0.2, 0.25) is 0 Å². The molecule has 1 heterocycles. The minimum atomic E-state index is -4.82. The van der Waals surface area contributed by atoms with E-state index < -0.39 is 35.6 Å². The van der Waals surface area contributed by atoms with E-state index in [1.807, 2.05) is 0 Å². The zero-order valence-corrected chi connectivity index (χ0v) is 9.45. The lowest BCUT2D eigenvalue weighted by molar-refractivity contribution is -0.142. The number of hydrogen-bond donors (Lipinski definition) is 3. The molecule has 0 radical (unpaired) electrons. The van der Waals surface area contributed by atoms with Crippen molar-refractivity contribution in [3.63, 3.8) is 0 Å². The van der Waals surface area contributed by atoms with Crippen molar-refractivity contribution in [3.05, 3.63) is 22.1 Å². The van der Waals surface area contributed by atoms with Gasteiger partial charge < -0.3 is 15.2 Å². The Labute approximate surface area is 104 Å². The van der Waals surface area contributed by atoms with Crippen LogP contribution in [0, 0.1) is 0 Å². The third kappa shape index (κ3) is 4.58. The van der Waals surface area contributed by atoms with Crippen molar-refractivity contribution in [2.75, 3.05) is 25.1 Å². The predicted molar refractivity (Wildman–Crippen MR) is 56.8 cm³/mol. The van der Waals surface area contributed by atoms with Crippen molar-refractivity contribution in [2.45, 2.75) is 6.18 Å². The quantitative estimate of drug-likeness (QED) is 0.648. The van der Waals surface area contributed by atoms with Crippen molar-refractivity contribution >= 4 is 11.7 Å². The van der Waals surface area contributed by atoms with Gasteiger partial charge in [0.25, 0.3) is 5.56 Å². The summed E-state index contributed by atoms with van der Waals surface area (Å²) < 4.78 is 42.4. The maximum Gasteiger partial charge on any atom is 0.423 e. The van der Waals surface area contributed by atoms with Gasteiger partial charge in [-0.3, -0.25) is 4.79 Å². The van der Waals surface area contributed by atoms with Crippen LogP contribution in [-0.4, -0.2) is 41.0 Å². The summed E-state index contributed by atoms with van der Waals surface area (Å²) in [5, 5.41) is 15.5. The lowest BCUT2D eigenvalue weighted by Crippen LogP contribution is -2.25. The number of halogens is 3. The molecule has 106 valence electrons. The Morgan fingerprint density at radius 1 is 1.53 bits per heavy atom. The monoisotopic (exact) mass is 281 g/mol. The summed E-state index contributed by atoms with van der Waals surface area (Å²) >= 11 is 0. The molecular formula is C9H10F3N3O4. The highest BCUT2D eigenvalue weighted by molar-refractivity contribution is 5.67. The van der Waals surface area contributed by atoms with Gasteiger partial charge in [0, 0.05) is 6.54 Å². The molecule has 1 rings (SSSR count). The van der Waals surface area contributed by atoms with E-state index in [2.05, 4.69) is 15.2 Å². The van der Waals surface area contributed by atoms with Gasteiger partial charge in [-0.1, -0.05) is 0 Å². The molecular weight excluding hydrogens is 271 g/mol. The van der Waals surface area contributed by atoms with Crippen LogP contribution in [0.25, 0.3) is 0 Å². The summed E-state index contributed by atoms with van der Waals surface area (Å²) in [5.74, 6) is -1.19. The number of nitrogens with zero attached hydrogens (tertiary/aromatic N) is 1. The highest BCUT2D eigenvalue weighted by atomic mass is 19.4. The summed E-state index contributed by atoms with van der Waals surface area (Å²) in [7, 11) is 0. The van der Waals surface area contributed by atoms with Crippen LogP contribution in [0.3, 0.4) is 0 Å². The Bertz CT molecular complexity index is 500. The Morgan fingerprint density at radius 3 is 2.79 bits per heavy atom. The smallest absolute Gasteiger partial charge is 0.423 e. The molecule has 10 heteroatoms. The van der Waals surface area contributed by atoms with Gasteiger partial charge in [-0.15, -0.1) is 0 Å². The van der Waals surface area contributed by atoms with Crippen LogP contribution in [0.4, 0.5) is 18.9 Å². The fraction of sp³-hybridized carbons (Fsp3) is 0.444. The number of nitrogens with one attached hydrogen (secondary N) is 2. The second-order valence-corrected chi connectivity index (χ2v) is 3.36. The highest BCUT2D eigenvalue weighted by Gasteiger charge is 2.37. The van der Waals surface area contributed by atoms with Gasteiger partial charge >= 0.3 is 12.1 Å². The summed E-state index contributed by atoms with van der Waals surface area (Å²) in [5.41, 5.74) is -3.24. The molecule has 1 aromatic heterocycles. The standard InChI is InChI=1S/C9H10F3N3O4/c10-9(11,12)7-5(3-14-15-8(7)18)13-1-2-19-4-6(16)17/h3H,1-2,4H2,(H,16,17)(H2,13,15,18). The number of alkyl halides is 3. The van der Waals surface area contributed by atoms with Crippen molar-refractivity contribution in [1.29, 1.82) is 0 Å². The summed E-state index contributed by atoms with van der Waals surface area (Å²) in [6.45, 7) is -0.778. The average Bonchev–Trinajstić information content (AvgIpc) is 2.26. The number of aromatic nitrogens is 2. The fourth-order valence-electron chi connectivity index (χ4n) is 1.23. The average molecular weight is 281 g/mol. The predicted octanol–water partition coefficient (Wildman–Crippen LogP) is 0.302. The van der Waals surface area contributed by atoms with E-state index in [4.69, 9.17) is 5.11 Å². The number of carboxylic acids is 1. The lowest BCUT2D eigenvalue weighted by Gasteiger charge is -2.12. The molecule has 0 saturated heterocycles. The van der Waals surface area contributed by atoms with Crippen LogP contribution < -0.4 is 10.9 Å². The molecule has 0 atom stereocenters. The van der Waals surface area contributed by atoms with E-state index in [0.717, 1.165) is 6.20 Å². The molecule has 0 aliphatic carbocycles. The first-order chi connectivity index (χ1) is 8.82. The molecule has 19 heavy (non-hydrogen) atoms.